The third-order valence-corrected chi connectivity index (χ3v) is 11.0. The van der Waals surface area contributed by atoms with Crippen LogP contribution in [0.1, 0.15) is 107 Å². The van der Waals surface area contributed by atoms with Gasteiger partial charge in [0.05, 0.1) is 6.10 Å². The van der Waals surface area contributed by atoms with Gasteiger partial charge in [-0.3, -0.25) is 4.18 Å². The van der Waals surface area contributed by atoms with Crippen molar-refractivity contribution >= 4 is 10.4 Å². The number of allylic oxidation sites excluding steroid dienone is 1. The Labute approximate surface area is 226 Å². The molecule has 0 aromatic rings. The zero-order valence-electron chi connectivity index (χ0n) is 22.9. The SMILES string of the molecule is CC(C)CCC[C@@H](C)[C@H]1CC[C@H]2[C@@H]3CC=C4C[C@@H](OS(=O)(=O)[O-])CC[C@]4(C)[C@H]3CC[C@]12C.[H-].[Na+]. The van der Waals surface area contributed by atoms with Crippen molar-refractivity contribution in [2.45, 2.75) is 111 Å². The molecule has 3 fully saturated rings. The summed E-state index contributed by atoms with van der Waals surface area (Å²) in [5.41, 5.74) is 1.99. The molecule has 0 bridgehead atoms. The molecular weight excluding hydrogens is 443 g/mol. The molecule has 4 aliphatic rings. The summed E-state index contributed by atoms with van der Waals surface area (Å²) in [4.78, 5) is 0. The van der Waals surface area contributed by atoms with Crippen LogP contribution in [0.4, 0.5) is 0 Å². The molecule has 0 radical (unpaired) electrons. The van der Waals surface area contributed by atoms with Crippen molar-refractivity contribution in [3.63, 3.8) is 0 Å². The predicted octanol–water partition coefficient (Wildman–Crippen LogP) is 3.99. The van der Waals surface area contributed by atoms with E-state index < -0.39 is 16.5 Å². The van der Waals surface area contributed by atoms with E-state index in [2.05, 4.69) is 40.7 Å². The first-order chi connectivity index (χ1) is 14.9. The largest absolute Gasteiger partial charge is 1.00 e. The minimum Gasteiger partial charge on any atom is -1.00 e. The molecule has 4 aliphatic carbocycles. The van der Waals surface area contributed by atoms with Crippen LogP contribution in [0.25, 0.3) is 0 Å². The van der Waals surface area contributed by atoms with Crippen molar-refractivity contribution in [2.75, 3.05) is 0 Å². The van der Waals surface area contributed by atoms with E-state index in [-0.39, 0.29) is 36.4 Å². The van der Waals surface area contributed by atoms with Gasteiger partial charge in [0.2, 0.25) is 10.4 Å². The van der Waals surface area contributed by atoms with E-state index in [1.54, 1.807) is 0 Å². The molecule has 0 spiro atoms. The van der Waals surface area contributed by atoms with Crippen LogP contribution in [0.2, 0.25) is 0 Å². The number of hydrogen-bond donors (Lipinski definition) is 0. The van der Waals surface area contributed by atoms with Gasteiger partial charge in [0.1, 0.15) is 0 Å². The Kier molecular flexibility index (Phi) is 9.00. The van der Waals surface area contributed by atoms with Crippen molar-refractivity contribution in [1.82, 2.24) is 0 Å². The molecule has 0 N–H and O–H groups in total. The monoisotopic (exact) mass is 489 g/mol. The van der Waals surface area contributed by atoms with Gasteiger partial charge in [0.15, 0.2) is 0 Å². The fourth-order valence-electron chi connectivity index (χ4n) is 8.90. The summed E-state index contributed by atoms with van der Waals surface area (Å²) in [7, 11) is -4.63. The summed E-state index contributed by atoms with van der Waals surface area (Å²) in [6.07, 6.45) is 14.8. The molecule has 8 atom stereocenters. The number of rotatable bonds is 7. The van der Waals surface area contributed by atoms with E-state index in [4.69, 9.17) is 4.18 Å². The molecule has 3 saturated carbocycles. The minimum atomic E-state index is -4.63. The molecule has 0 aromatic heterocycles. The summed E-state index contributed by atoms with van der Waals surface area (Å²) in [6, 6.07) is 0. The molecule has 0 aromatic carbocycles. The molecule has 4 nitrogen and oxygen atoms in total. The summed E-state index contributed by atoms with van der Waals surface area (Å²) in [5.74, 6) is 4.78. The summed E-state index contributed by atoms with van der Waals surface area (Å²) < 4.78 is 38.2. The van der Waals surface area contributed by atoms with Crippen molar-refractivity contribution in [1.29, 1.82) is 0 Å². The average molecular weight is 490 g/mol. The summed E-state index contributed by atoms with van der Waals surface area (Å²) >= 11 is 0. The maximum absolute atomic E-state index is 11.1. The van der Waals surface area contributed by atoms with Crippen molar-refractivity contribution < 1.29 is 48.1 Å². The first-order valence-electron chi connectivity index (χ1n) is 13.3. The van der Waals surface area contributed by atoms with Gasteiger partial charge in [-0.25, -0.2) is 8.42 Å². The first-order valence-corrected chi connectivity index (χ1v) is 14.6. The van der Waals surface area contributed by atoms with Crippen LogP contribution in [0.3, 0.4) is 0 Å². The quantitative estimate of drug-likeness (QED) is 0.235. The Morgan fingerprint density at radius 3 is 2.48 bits per heavy atom. The zero-order valence-corrected chi connectivity index (χ0v) is 24.8. The Hall–Kier alpha value is 0.610. The normalized spacial score (nSPS) is 41.4. The molecule has 0 saturated heterocycles. The summed E-state index contributed by atoms with van der Waals surface area (Å²) in [5, 5.41) is 0. The van der Waals surface area contributed by atoms with Gasteiger partial charge in [0.25, 0.3) is 0 Å². The van der Waals surface area contributed by atoms with E-state index in [0.29, 0.717) is 24.2 Å². The van der Waals surface area contributed by atoms with Gasteiger partial charge in [-0.05, 0) is 97.7 Å². The van der Waals surface area contributed by atoms with Gasteiger partial charge in [-0.2, -0.15) is 0 Å². The number of fused-ring (bicyclic) bond motifs is 5. The molecule has 33 heavy (non-hydrogen) atoms. The fraction of sp³-hybridized carbons (Fsp3) is 0.926. The predicted molar refractivity (Wildman–Crippen MR) is 129 cm³/mol. The smallest absolute Gasteiger partial charge is 1.00 e. The van der Waals surface area contributed by atoms with Gasteiger partial charge in [-0.1, -0.05) is 65.5 Å². The van der Waals surface area contributed by atoms with Crippen LogP contribution in [-0.2, 0) is 14.6 Å². The molecule has 6 heteroatoms. The molecule has 0 amide bonds. The zero-order chi connectivity index (χ0) is 23.3. The van der Waals surface area contributed by atoms with Gasteiger partial charge in [0, 0.05) is 0 Å². The third-order valence-electron chi connectivity index (χ3n) is 10.5. The number of hydrogen-bond acceptors (Lipinski definition) is 4. The molecule has 4 rings (SSSR count). The maximum atomic E-state index is 11.1. The van der Waals surface area contributed by atoms with Gasteiger partial charge >= 0.3 is 29.6 Å². The van der Waals surface area contributed by atoms with Gasteiger partial charge in [-0.15, -0.1) is 0 Å². The van der Waals surface area contributed by atoms with E-state index in [1.807, 2.05) is 0 Å². The van der Waals surface area contributed by atoms with Crippen molar-refractivity contribution in [2.24, 2.45) is 46.3 Å². The second-order valence-corrected chi connectivity index (χ2v) is 13.7. The Morgan fingerprint density at radius 1 is 1.09 bits per heavy atom. The standard InChI is InChI=1S/C27H46O4S.Na.H/c1-18(2)7-6-8-19(3)23-11-12-24-22-10-9-20-17-21(31-32(28,29)30)13-15-26(20,4)25(22)14-16-27(23,24)5;;/h9,18-19,21-25H,6-8,10-17H2,1-5H3,(H,28,29,30);;/q;+1;-1/p-1/t19-,21+,22+,23-,24+,25+,26+,27-;;/m1../s1. The van der Waals surface area contributed by atoms with E-state index in [0.717, 1.165) is 42.4 Å². The second-order valence-electron chi connectivity index (χ2n) is 12.7. The van der Waals surface area contributed by atoms with E-state index >= 15 is 0 Å². The molecule has 0 heterocycles. The van der Waals surface area contributed by atoms with Crippen molar-refractivity contribution in [3.05, 3.63) is 11.6 Å². The topological polar surface area (TPSA) is 66.4 Å². The average Bonchev–Trinajstić information content (AvgIpc) is 3.04. The summed E-state index contributed by atoms with van der Waals surface area (Å²) in [6.45, 7) is 12.2. The second kappa shape index (κ2) is 10.5. The molecular formula is C27H46NaO4S-. The Bertz CT molecular complexity index is 830. The fourth-order valence-corrected chi connectivity index (χ4v) is 9.40. The molecule has 0 aliphatic heterocycles. The van der Waals surface area contributed by atoms with Crippen LogP contribution >= 0.6 is 0 Å². The van der Waals surface area contributed by atoms with Crippen LogP contribution in [0.5, 0.6) is 0 Å². The minimum absolute atomic E-state index is 0. The Morgan fingerprint density at radius 2 is 1.82 bits per heavy atom. The van der Waals surface area contributed by atoms with Crippen LogP contribution in [0.15, 0.2) is 11.6 Å². The van der Waals surface area contributed by atoms with Crippen LogP contribution in [-0.4, -0.2) is 19.1 Å². The van der Waals surface area contributed by atoms with Crippen LogP contribution in [0, 0.1) is 46.3 Å². The van der Waals surface area contributed by atoms with E-state index in [9.17, 15) is 13.0 Å². The van der Waals surface area contributed by atoms with Crippen molar-refractivity contribution in [3.8, 4) is 0 Å². The van der Waals surface area contributed by atoms with Gasteiger partial charge < -0.3 is 5.98 Å². The Balaban J connectivity index is 0.00000204. The first kappa shape index (κ1) is 28.2. The maximum Gasteiger partial charge on any atom is 1.00 e. The van der Waals surface area contributed by atoms with Crippen LogP contribution < -0.4 is 29.6 Å². The van der Waals surface area contributed by atoms with E-state index in [1.165, 1.54) is 50.5 Å². The molecule has 0 unspecified atom stereocenters. The molecule has 186 valence electrons. The third kappa shape index (κ3) is 5.64.